The average Bonchev–Trinajstić information content (AvgIpc) is 1.78. The van der Waals surface area contributed by atoms with Gasteiger partial charge in [0.2, 0.25) is 0 Å². The Morgan fingerprint density at radius 1 is 1.40 bits per heavy atom. The summed E-state index contributed by atoms with van der Waals surface area (Å²) in [6.07, 6.45) is 2.49. The standard InChI is InChI=1S/C8H12F2/c1-3-4-5-6-7-8(2,9)10/h3-5H2,1-2H3. The van der Waals surface area contributed by atoms with Crippen LogP contribution in [0.2, 0.25) is 0 Å². The fourth-order valence-electron chi connectivity index (χ4n) is 0.483. The highest BCUT2D eigenvalue weighted by atomic mass is 19.3. The van der Waals surface area contributed by atoms with E-state index in [0.29, 0.717) is 6.42 Å². The second-order valence-corrected chi connectivity index (χ2v) is 2.29. The van der Waals surface area contributed by atoms with Crippen LogP contribution in [0.5, 0.6) is 0 Å². The van der Waals surface area contributed by atoms with Crippen molar-refractivity contribution in [2.24, 2.45) is 0 Å². The predicted molar refractivity (Wildman–Crippen MR) is 37.9 cm³/mol. The quantitative estimate of drug-likeness (QED) is 0.415. The van der Waals surface area contributed by atoms with E-state index in [1.807, 2.05) is 12.8 Å². The number of alkyl halides is 2. The minimum Gasteiger partial charge on any atom is -0.192 e. The highest BCUT2D eigenvalue weighted by Crippen LogP contribution is 2.08. The molecule has 2 heteroatoms. The topological polar surface area (TPSA) is 0 Å². The molecule has 0 heterocycles. The lowest BCUT2D eigenvalue weighted by atomic mass is 10.2. The van der Waals surface area contributed by atoms with Crippen molar-refractivity contribution in [3.63, 3.8) is 0 Å². The maximum Gasteiger partial charge on any atom is 0.305 e. The van der Waals surface area contributed by atoms with E-state index < -0.39 is 5.92 Å². The van der Waals surface area contributed by atoms with Gasteiger partial charge in [-0.15, -0.1) is 0 Å². The molecular formula is C8H12F2. The monoisotopic (exact) mass is 146 g/mol. The van der Waals surface area contributed by atoms with Gasteiger partial charge < -0.3 is 0 Å². The van der Waals surface area contributed by atoms with E-state index >= 15 is 0 Å². The van der Waals surface area contributed by atoms with Crippen LogP contribution in [0.15, 0.2) is 0 Å². The minimum absolute atomic E-state index is 0.583. The van der Waals surface area contributed by atoms with Crippen LogP contribution in [0.4, 0.5) is 8.78 Å². The molecule has 0 aliphatic carbocycles. The van der Waals surface area contributed by atoms with Crippen LogP contribution in [0.25, 0.3) is 0 Å². The van der Waals surface area contributed by atoms with Crippen molar-refractivity contribution in [3.8, 4) is 11.8 Å². The van der Waals surface area contributed by atoms with Crippen LogP contribution in [0.3, 0.4) is 0 Å². The van der Waals surface area contributed by atoms with Gasteiger partial charge in [0.05, 0.1) is 0 Å². The zero-order valence-electron chi connectivity index (χ0n) is 6.38. The summed E-state index contributed by atoms with van der Waals surface area (Å²) in [6, 6.07) is 0. The van der Waals surface area contributed by atoms with Gasteiger partial charge in [0.15, 0.2) is 0 Å². The van der Waals surface area contributed by atoms with E-state index in [1.54, 1.807) is 0 Å². The molecule has 0 atom stereocenters. The fourth-order valence-corrected chi connectivity index (χ4v) is 0.483. The first kappa shape index (κ1) is 9.42. The smallest absolute Gasteiger partial charge is 0.192 e. The molecule has 0 aromatic rings. The molecule has 0 aromatic heterocycles. The zero-order chi connectivity index (χ0) is 8.04. The summed E-state index contributed by atoms with van der Waals surface area (Å²) < 4.78 is 24.0. The van der Waals surface area contributed by atoms with E-state index in [4.69, 9.17) is 0 Å². The molecule has 0 rings (SSSR count). The molecule has 0 aromatic carbocycles. The van der Waals surface area contributed by atoms with Crippen LogP contribution in [0, 0.1) is 11.8 Å². The predicted octanol–water partition coefficient (Wildman–Crippen LogP) is 2.84. The van der Waals surface area contributed by atoms with E-state index in [1.165, 1.54) is 0 Å². The Morgan fingerprint density at radius 2 is 2.00 bits per heavy atom. The van der Waals surface area contributed by atoms with Gasteiger partial charge in [-0.1, -0.05) is 19.3 Å². The third-order valence-corrected chi connectivity index (χ3v) is 0.963. The molecule has 0 unspecified atom stereocenters. The maximum atomic E-state index is 12.0. The van der Waals surface area contributed by atoms with Gasteiger partial charge in [-0.2, -0.15) is 8.78 Å². The molecule has 0 amide bonds. The lowest BCUT2D eigenvalue weighted by Gasteiger charge is -1.96. The summed E-state index contributed by atoms with van der Waals surface area (Å²) in [5.41, 5.74) is 0. The first-order chi connectivity index (χ1) is 4.56. The second kappa shape index (κ2) is 4.27. The summed E-state index contributed by atoms with van der Waals surface area (Å²) in [5, 5.41) is 0. The summed E-state index contributed by atoms with van der Waals surface area (Å²) in [5.74, 6) is 1.49. The van der Waals surface area contributed by atoms with Crippen LogP contribution in [-0.2, 0) is 0 Å². The van der Waals surface area contributed by atoms with Gasteiger partial charge >= 0.3 is 5.92 Å². The Labute approximate surface area is 60.6 Å². The van der Waals surface area contributed by atoms with Gasteiger partial charge in [0.1, 0.15) is 0 Å². The van der Waals surface area contributed by atoms with Gasteiger partial charge in [-0.25, -0.2) is 0 Å². The highest BCUT2D eigenvalue weighted by Gasteiger charge is 2.14. The van der Waals surface area contributed by atoms with E-state index in [9.17, 15) is 8.78 Å². The number of unbranched alkanes of at least 4 members (excludes halogenated alkanes) is 2. The normalized spacial score (nSPS) is 10.4. The van der Waals surface area contributed by atoms with Crippen molar-refractivity contribution in [1.29, 1.82) is 0 Å². The molecule has 0 fully saturated rings. The molecule has 0 aliphatic rings. The van der Waals surface area contributed by atoms with Crippen molar-refractivity contribution in [2.75, 3.05) is 0 Å². The number of rotatable bonds is 2. The Kier molecular flexibility index (Phi) is 4.02. The second-order valence-electron chi connectivity index (χ2n) is 2.29. The third-order valence-electron chi connectivity index (χ3n) is 0.963. The highest BCUT2D eigenvalue weighted by molar-refractivity contribution is 5.07. The van der Waals surface area contributed by atoms with Gasteiger partial charge in [-0.3, -0.25) is 0 Å². The Hall–Kier alpha value is -0.580. The zero-order valence-corrected chi connectivity index (χ0v) is 6.38. The van der Waals surface area contributed by atoms with Crippen LogP contribution < -0.4 is 0 Å². The summed E-state index contributed by atoms with van der Waals surface area (Å²) in [6.45, 7) is 2.82. The minimum atomic E-state index is -2.81. The average molecular weight is 146 g/mol. The number of halogens is 2. The molecule has 0 N–H and O–H groups in total. The van der Waals surface area contributed by atoms with Crippen LogP contribution >= 0.6 is 0 Å². The van der Waals surface area contributed by atoms with Gasteiger partial charge in [-0.05, 0) is 12.3 Å². The first-order valence-electron chi connectivity index (χ1n) is 3.44. The number of hydrogen-bond donors (Lipinski definition) is 0. The molecule has 0 nitrogen and oxygen atoms in total. The van der Waals surface area contributed by atoms with Crippen molar-refractivity contribution in [1.82, 2.24) is 0 Å². The molecule has 0 saturated heterocycles. The van der Waals surface area contributed by atoms with Gasteiger partial charge in [0, 0.05) is 13.3 Å². The van der Waals surface area contributed by atoms with Crippen LogP contribution in [-0.4, -0.2) is 5.92 Å². The van der Waals surface area contributed by atoms with Crippen molar-refractivity contribution in [3.05, 3.63) is 0 Å². The molecule has 10 heavy (non-hydrogen) atoms. The van der Waals surface area contributed by atoms with E-state index in [-0.39, 0.29) is 0 Å². The lowest BCUT2D eigenvalue weighted by molar-refractivity contribution is 0.0888. The molecular weight excluding hydrogens is 134 g/mol. The van der Waals surface area contributed by atoms with E-state index in [0.717, 1.165) is 19.8 Å². The molecule has 0 bridgehead atoms. The largest absolute Gasteiger partial charge is 0.305 e. The molecule has 58 valence electrons. The number of hydrogen-bond acceptors (Lipinski definition) is 0. The van der Waals surface area contributed by atoms with Crippen molar-refractivity contribution in [2.45, 2.75) is 39.0 Å². The lowest BCUT2D eigenvalue weighted by Crippen LogP contribution is -2.03. The van der Waals surface area contributed by atoms with Crippen molar-refractivity contribution < 1.29 is 8.78 Å². The maximum absolute atomic E-state index is 12.0. The Balaban J connectivity index is 3.50. The molecule has 0 spiro atoms. The fraction of sp³-hybridized carbons (Fsp3) is 0.750. The van der Waals surface area contributed by atoms with Gasteiger partial charge in [0.25, 0.3) is 0 Å². The summed E-state index contributed by atoms with van der Waals surface area (Å²) >= 11 is 0. The Morgan fingerprint density at radius 3 is 2.40 bits per heavy atom. The molecule has 0 radical (unpaired) electrons. The van der Waals surface area contributed by atoms with E-state index in [2.05, 4.69) is 5.92 Å². The summed E-state index contributed by atoms with van der Waals surface area (Å²) in [4.78, 5) is 0. The first-order valence-corrected chi connectivity index (χ1v) is 3.44. The Bertz CT molecular complexity index is 134. The van der Waals surface area contributed by atoms with Crippen molar-refractivity contribution >= 4 is 0 Å². The third kappa shape index (κ3) is 7.42. The van der Waals surface area contributed by atoms with Crippen LogP contribution in [0.1, 0.15) is 33.1 Å². The summed E-state index contributed by atoms with van der Waals surface area (Å²) in [7, 11) is 0. The SMILES string of the molecule is CCCCC#CC(C)(F)F. The molecule has 0 aliphatic heterocycles. The molecule has 0 saturated carbocycles.